The van der Waals surface area contributed by atoms with Gasteiger partial charge in [0.15, 0.2) is 15.1 Å². The molecular weight excluding hydrogens is 553 g/mol. The normalized spacial score (nSPS) is 15.4. The van der Waals surface area contributed by atoms with Crippen LogP contribution in [0.25, 0.3) is 6.08 Å². The number of furan rings is 1. The molecule has 0 bridgehead atoms. The quantitative estimate of drug-likeness (QED) is 0.176. The number of allylic oxidation sites excluding steroid dienone is 1. The van der Waals surface area contributed by atoms with Crippen LogP contribution in [0, 0.1) is 6.92 Å². The Bertz CT molecular complexity index is 1750. The fourth-order valence-corrected chi connectivity index (χ4v) is 6.31. The number of rotatable bonds is 7. The second kappa shape index (κ2) is 11.4. The van der Waals surface area contributed by atoms with Gasteiger partial charge in [-0.05, 0) is 81.6 Å². The minimum Gasteiger partial charge on any atom is -0.459 e. The van der Waals surface area contributed by atoms with Crippen molar-refractivity contribution in [1.29, 1.82) is 0 Å². The van der Waals surface area contributed by atoms with E-state index in [1.807, 2.05) is 49.6 Å². The maximum Gasteiger partial charge on any atom is 0.338 e. The van der Waals surface area contributed by atoms with Gasteiger partial charge in [-0.2, -0.15) is 0 Å². The molecule has 1 aliphatic rings. The Morgan fingerprint density at radius 3 is 2.62 bits per heavy atom. The number of aryl methyl sites for hydroxylation is 1. The monoisotopic (exact) mass is 578 g/mol. The van der Waals surface area contributed by atoms with E-state index in [9.17, 15) is 9.59 Å². The Balaban J connectivity index is 1.57. The first-order valence-electron chi connectivity index (χ1n) is 12.2. The maximum absolute atomic E-state index is 13.8. The molecule has 0 saturated heterocycles. The Hall–Kier alpha value is -3.41. The topological polar surface area (TPSA) is 99.6 Å². The molecule has 8 nitrogen and oxygen atoms in total. The zero-order valence-corrected chi connectivity index (χ0v) is 24.4. The molecule has 0 radical (unpaired) electrons. The summed E-state index contributed by atoms with van der Waals surface area (Å²) in [5, 5.41) is 1.19. The van der Waals surface area contributed by atoms with Gasteiger partial charge in [0.25, 0.3) is 5.56 Å². The third-order valence-electron chi connectivity index (χ3n) is 5.86. The Morgan fingerprint density at radius 1 is 1.15 bits per heavy atom. The molecule has 1 aliphatic heterocycles. The molecule has 0 spiro atoms. The van der Waals surface area contributed by atoms with Crippen LogP contribution in [0.3, 0.4) is 0 Å². The van der Waals surface area contributed by atoms with Crippen LogP contribution in [-0.4, -0.2) is 32.9 Å². The van der Waals surface area contributed by atoms with Crippen molar-refractivity contribution in [3.63, 3.8) is 0 Å². The van der Waals surface area contributed by atoms with Gasteiger partial charge in [-0.25, -0.2) is 19.8 Å². The molecule has 11 heteroatoms. The number of carbonyl (C=O) groups is 1. The number of hydrogen-bond donors (Lipinski definition) is 0. The number of thioether (sulfide) groups is 1. The molecule has 39 heavy (non-hydrogen) atoms. The average molecular weight is 579 g/mol. The van der Waals surface area contributed by atoms with Crippen molar-refractivity contribution < 1.29 is 13.9 Å². The Morgan fingerprint density at radius 2 is 1.92 bits per heavy atom. The number of fused-ring (bicyclic) bond motifs is 1. The molecule has 0 N–H and O–H groups in total. The lowest BCUT2D eigenvalue weighted by atomic mass is 9.96. The lowest BCUT2D eigenvalue weighted by Crippen LogP contribution is -2.40. The van der Waals surface area contributed by atoms with Gasteiger partial charge in [0.05, 0.1) is 27.9 Å². The van der Waals surface area contributed by atoms with Crippen molar-refractivity contribution in [3.05, 3.63) is 96.6 Å². The van der Waals surface area contributed by atoms with Gasteiger partial charge in [0.1, 0.15) is 5.76 Å². The minimum absolute atomic E-state index is 0.257. The molecule has 0 saturated carbocycles. The summed E-state index contributed by atoms with van der Waals surface area (Å²) in [5.74, 6) is 0.0389. The smallest absolute Gasteiger partial charge is 0.338 e. The number of hydrogen-bond acceptors (Lipinski definition) is 10. The molecule has 0 fully saturated rings. The molecule has 4 heterocycles. The highest BCUT2D eigenvalue weighted by molar-refractivity contribution is 7.99. The van der Waals surface area contributed by atoms with Gasteiger partial charge in [-0.15, -0.1) is 11.8 Å². The van der Waals surface area contributed by atoms with Crippen molar-refractivity contribution in [2.75, 3.05) is 6.26 Å². The van der Waals surface area contributed by atoms with E-state index in [0.717, 1.165) is 16.2 Å². The fraction of sp³-hybridized carbons (Fsp3) is 0.250. The van der Waals surface area contributed by atoms with Crippen LogP contribution < -0.4 is 14.9 Å². The molecule has 200 valence electrons. The molecular formula is C28H26N4O4S3. The van der Waals surface area contributed by atoms with Gasteiger partial charge in [0.2, 0.25) is 0 Å². The van der Waals surface area contributed by atoms with Gasteiger partial charge >= 0.3 is 5.97 Å². The zero-order chi connectivity index (χ0) is 27.7. The first-order chi connectivity index (χ1) is 18.7. The highest BCUT2D eigenvalue weighted by Gasteiger charge is 2.33. The van der Waals surface area contributed by atoms with E-state index < -0.39 is 12.0 Å². The van der Waals surface area contributed by atoms with E-state index in [2.05, 4.69) is 15.0 Å². The Kier molecular flexibility index (Phi) is 7.92. The maximum atomic E-state index is 13.8. The van der Waals surface area contributed by atoms with Gasteiger partial charge < -0.3 is 9.15 Å². The van der Waals surface area contributed by atoms with Crippen molar-refractivity contribution in [3.8, 4) is 0 Å². The second-order valence-corrected chi connectivity index (χ2v) is 11.9. The van der Waals surface area contributed by atoms with E-state index in [-0.39, 0.29) is 11.7 Å². The molecule has 0 amide bonds. The van der Waals surface area contributed by atoms with Crippen LogP contribution in [0.15, 0.2) is 89.3 Å². The van der Waals surface area contributed by atoms with Crippen molar-refractivity contribution in [2.24, 2.45) is 4.99 Å². The third kappa shape index (κ3) is 5.80. The number of carbonyl (C=O) groups excluding carboxylic acids is 1. The lowest BCUT2D eigenvalue weighted by Gasteiger charge is -2.25. The summed E-state index contributed by atoms with van der Waals surface area (Å²) in [7, 11) is 0. The summed E-state index contributed by atoms with van der Waals surface area (Å²) in [5.41, 5.74) is 2.30. The number of aromatic nitrogens is 3. The Labute approximate surface area is 237 Å². The number of esters is 1. The fourth-order valence-electron chi connectivity index (χ4n) is 4.12. The summed E-state index contributed by atoms with van der Waals surface area (Å²) in [4.78, 5) is 41.9. The molecule has 5 rings (SSSR count). The first kappa shape index (κ1) is 27.2. The summed E-state index contributed by atoms with van der Waals surface area (Å²) < 4.78 is 13.5. The van der Waals surface area contributed by atoms with E-state index in [1.165, 1.54) is 23.1 Å². The number of ether oxygens (including phenoxy) is 1. The average Bonchev–Trinajstić information content (AvgIpc) is 3.46. The second-order valence-electron chi connectivity index (χ2n) is 9.05. The first-order valence-corrected chi connectivity index (χ1v) is 15.0. The van der Waals surface area contributed by atoms with Crippen LogP contribution in [0.5, 0.6) is 0 Å². The van der Waals surface area contributed by atoms with E-state index in [0.29, 0.717) is 36.6 Å². The standard InChI is InChI=1S/C28H26N4O4S3/c1-15(2)35-26(34)23-17(4)31-28-32(24(23)18-6-9-20(37-5)10-7-18)25(33)21(38-28)14-19-8-11-22(36-19)39-27-29-13-12-16(3)30-27/h6-15,24H,1-5H3/b21-14-/t24-/m1/s1. The van der Waals surface area contributed by atoms with E-state index in [4.69, 9.17) is 9.15 Å². The van der Waals surface area contributed by atoms with Gasteiger partial charge in [-0.3, -0.25) is 9.36 Å². The largest absolute Gasteiger partial charge is 0.459 e. The predicted molar refractivity (Wildman–Crippen MR) is 153 cm³/mol. The molecule has 0 aliphatic carbocycles. The molecule has 0 unspecified atom stereocenters. The molecule has 1 aromatic carbocycles. The van der Waals surface area contributed by atoms with Gasteiger partial charge in [-0.1, -0.05) is 23.5 Å². The highest BCUT2D eigenvalue weighted by Crippen LogP contribution is 2.32. The van der Waals surface area contributed by atoms with E-state index >= 15 is 0 Å². The van der Waals surface area contributed by atoms with Crippen LogP contribution in [0.4, 0.5) is 0 Å². The van der Waals surface area contributed by atoms with E-state index in [1.54, 1.807) is 55.4 Å². The summed E-state index contributed by atoms with van der Waals surface area (Å²) in [6, 6.07) is 12.6. The zero-order valence-electron chi connectivity index (χ0n) is 22.0. The molecule has 4 aromatic rings. The van der Waals surface area contributed by atoms with Crippen molar-refractivity contribution >= 4 is 46.9 Å². The van der Waals surface area contributed by atoms with Crippen LogP contribution >= 0.6 is 34.9 Å². The number of thiazole rings is 1. The van der Waals surface area contributed by atoms with Crippen LogP contribution in [0.1, 0.15) is 43.8 Å². The molecule has 3 aromatic heterocycles. The minimum atomic E-state index is -0.660. The van der Waals surface area contributed by atoms with Crippen LogP contribution in [-0.2, 0) is 9.53 Å². The number of benzene rings is 1. The molecule has 1 atom stereocenters. The van der Waals surface area contributed by atoms with Gasteiger partial charge in [0, 0.05) is 22.9 Å². The van der Waals surface area contributed by atoms with Crippen LogP contribution in [0.2, 0.25) is 0 Å². The van der Waals surface area contributed by atoms with Crippen molar-refractivity contribution in [1.82, 2.24) is 14.5 Å². The summed E-state index contributed by atoms with van der Waals surface area (Å²) in [6.45, 7) is 7.28. The van der Waals surface area contributed by atoms with Crippen molar-refractivity contribution in [2.45, 2.75) is 55.0 Å². The SMILES string of the molecule is CSc1ccc([C@@H]2C(C(=O)OC(C)C)=C(C)N=c3s/c(=C\c4ccc(Sc5nccc(C)n5)o4)c(=O)n32)cc1. The highest BCUT2D eigenvalue weighted by atomic mass is 32.2. The third-order valence-corrected chi connectivity index (χ3v) is 8.38. The predicted octanol–water partition coefficient (Wildman–Crippen LogP) is 4.75. The summed E-state index contributed by atoms with van der Waals surface area (Å²) >= 11 is 4.19. The lowest BCUT2D eigenvalue weighted by molar-refractivity contribution is -0.143. The number of nitrogens with zero attached hydrogens (tertiary/aromatic N) is 4. The summed E-state index contributed by atoms with van der Waals surface area (Å²) in [6.07, 6.45) is 5.09.